The van der Waals surface area contributed by atoms with E-state index in [0.717, 1.165) is 22.3 Å². The number of benzene rings is 2. The van der Waals surface area contributed by atoms with Gasteiger partial charge in [0.2, 0.25) is 5.91 Å². The maximum Gasteiger partial charge on any atom is 0.407 e. The Morgan fingerprint density at radius 2 is 1.69 bits per heavy atom. The molecule has 0 saturated carbocycles. The third kappa shape index (κ3) is 10.5. The van der Waals surface area contributed by atoms with Crippen LogP contribution in [0, 0.1) is 0 Å². The average Bonchev–Trinajstić information content (AvgIpc) is 2.79. The summed E-state index contributed by atoms with van der Waals surface area (Å²) in [6.45, 7) is 9.67. The number of primary amides is 1. The maximum absolute atomic E-state index is 12.2. The molecule has 2 atom stereocenters. The van der Waals surface area contributed by atoms with Crippen LogP contribution in [0.3, 0.4) is 0 Å². The van der Waals surface area contributed by atoms with Crippen LogP contribution in [0.4, 0.5) is 4.79 Å². The molecule has 0 bridgehead atoms. The molecule has 36 heavy (non-hydrogen) atoms. The Kier molecular flexibility index (Phi) is 10.9. The van der Waals surface area contributed by atoms with Crippen molar-refractivity contribution in [2.75, 3.05) is 6.61 Å². The largest absolute Gasteiger partial charge is 0.466 e. The van der Waals surface area contributed by atoms with Gasteiger partial charge in [-0.3, -0.25) is 9.59 Å². The first-order chi connectivity index (χ1) is 17.0. The van der Waals surface area contributed by atoms with Gasteiger partial charge in [-0.25, -0.2) is 4.79 Å². The summed E-state index contributed by atoms with van der Waals surface area (Å²) in [4.78, 5) is 35.3. The topological polar surface area (TPSA) is 117 Å². The van der Waals surface area contributed by atoms with Crippen LogP contribution in [0.15, 0.2) is 48.5 Å². The third-order valence-corrected chi connectivity index (χ3v) is 5.35. The Balaban J connectivity index is 2.00. The van der Waals surface area contributed by atoms with Crippen LogP contribution in [0.5, 0.6) is 0 Å². The predicted molar refractivity (Wildman–Crippen MR) is 138 cm³/mol. The molecule has 196 valence electrons. The molecular weight excluding hydrogens is 460 g/mol. The minimum Gasteiger partial charge on any atom is -0.466 e. The zero-order valence-corrected chi connectivity index (χ0v) is 21.8. The summed E-state index contributed by atoms with van der Waals surface area (Å²) in [7, 11) is 0. The summed E-state index contributed by atoms with van der Waals surface area (Å²) in [5, 5.41) is 2.80. The second-order valence-corrected chi connectivity index (χ2v) is 9.65. The maximum atomic E-state index is 12.2. The molecule has 2 aromatic rings. The van der Waals surface area contributed by atoms with E-state index in [-0.39, 0.29) is 24.9 Å². The SMILES string of the molecule is CCOC(=O)Cc1cccc(-c2ccc(COC(C)C(CCC(N)=O)NC(=O)OC(C)(C)C)cc2)c1. The van der Waals surface area contributed by atoms with Gasteiger partial charge < -0.3 is 25.3 Å². The first-order valence-electron chi connectivity index (χ1n) is 12.2. The van der Waals surface area contributed by atoms with Gasteiger partial charge in [-0.2, -0.15) is 0 Å². The molecule has 0 radical (unpaired) electrons. The van der Waals surface area contributed by atoms with E-state index in [2.05, 4.69) is 5.32 Å². The Labute approximate surface area is 213 Å². The van der Waals surface area contributed by atoms with Crippen LogP contribution in [-0.2, 0) is 36.8 Å². The fourth-order valence-corrected chi connectivity index (χ4v) is 3.56. The summed E-state index contributed by atoms with van der Waals surface area (Å²) < 4.78 is 16.4. The molecule has 2 rings (SSSR count). The van der Waals surface area contributed by atoms with E-state index in [1.165, 1.54) is 0 Å². The zero-order chi connectivity index (χ0) is 26.7. The van der Waals surface area contributed by atoms with E-state index in [1.54, 1.807) is 27.7 Å². The van der Waals surface area contributed by atoms with E-state index < -0.39 is 23.6 Å². The van der Waals surface area contributed by atoms with Crippen molar-refractivity contribution < 1.29 is 28.6 Å². The molecule has 0 spiro atoms. The number of amides is 2. The summed E-state index contributed by atoms with van der Waals surface area (Å²) >= 11 is 0. The van der Waals surface area contributed by atoms with E-state index in [0.29, 0.717) is 19.6 Å². The van der Waals surface area contributed by atoms with Crippen molar-refractivity contribution in [3.63, 3.8) is 0 Å². The number of hydrogen-bond acceptors (Lipinski definition) is 6. The summed E-state index contributed by atoms with van der Waals surface area (Å²) in [5.74, 6) is -0.688. The molecule has 3 N–H and O–H groups in total. The predicted octanol–water partition coefficient (Wildman–Crippen LogP) is 4.52. The Bertz CT molecular complexity index is 1010. The molecule has 2 unspecified atom stereocenters. The number of carbonyl (C=O) groups is 3. The normalized spacial score (nSPS) is 12.9. The number of rotatable bonds is 12. The van der Waals surface area contributed by atoms with Crippen LogP contribution < -0.4 is 11.1 Å². The van der Waals surface area contributed by atoms with Crippen LogP contribution >= 0.6 is 0 Å². The molecule has 2 aromatic carbocycles. The number of hydrogen-bond donors (Lipinski definition) is 2. The first-order valence-corrected chi connectivity index (χ1v) is 12.2. The first kappa shape index (κ1) is 28.8. The quantitative estimate of drug-likeness (QED) is 0.416. The molecule has 8 heteroatoms. The monoisotopic (exact) mass is 498 g/mol. The van der Waals surface area contributed by atoms with Crippen molar-refractivity contribution in [3.05, 3.63) is 59.7 Å². The average molecular weight is 499 g/mol. The number of ether oxygens (including phenoxy) is 3. The van der Waals surface area contributed by atoms with Crippen molar-refractivity contribution in [2.45, 2.75) is 78.2 Å². The molecule has 2 amide bonds. The fraction of sp³-hybridized carbons (Fsp3) is 0.464. The Morgan fingerprint density at radius 1 is 1.00 bits per heavy atom. The van der Waals surface area contributed by atoms with Crippen LogP contribution in [0.1, 0.15) is 58.6 Å². The van der Waals surface area contributed by atoms with Crippen LogP contribution in [0.2, 0.25) is 0 Å². The van der Waals surface area contributed by atoms with E-state index >= 15 is 0 Å². The fourth-order valence-electron chi connectivity index (χ4n) is 3.56. The van der Waals surface area contributed by atoms with Gasteiger partial charge in [0.05, 0.1) is 31.8 Å². The highest BCUT2D eigenvalue weighted by Gasteiger charge is 2.24. The van der Waals surface area contributed by atoms with Gasteiger partial charge in [-0.15, -0.1) is 0 Å². The number of alkyl carbamates (subject to hydrolysis) is 1. The lowest BCUT2D eigenvalue weighted by Crippen LogP contribution is -2.45. The van der Waals surface area contributed by atoms with Gasteiger partial charge in [0.15, 0.2) is 0 Å². The van der Waals surface area contributed by atoms with Crippen molar-refractivity contribution in [1.82, 2.24) is 5.32 Å². The van der Waals surface area contributed by atoms with Crippen molar-refractivity contribution in [2.24, 2.45) is 5.73 Å². The van der Waals surface area contributed by atoms with Crippen molar-refractivity contribution >= 4 is 18.0 Å². The number of nitrogens with two attached hydrogens (primary N) is 1. The van der Waals surface area contributed by atoms with Gasteiger partial charge in [-0.1, -0.05) is 48.5 Å². The molecule has 8 nitrogen and oxygen atoms in total. The van der Waals surface area contributed by atoms with Gasteiger partial charge in [0.1, 0.15) is 5.60 Å². The number of nitrogens with one attached hydrogen (secondary N) is 1. The molecule has 0 aliphatic carbocycles. The zero-order valence-electron chi connectivity index (χ0n) is 21.8. The minimum absolute atomic E-state index is 0.123. The molecule has 0 heterocycles. The van der Waals surface area contributed by atoms with Crippen LogP contribution in [0.25, 0.3) is 11.1 Å². The van der Waals surface area contributed by atoms with Gasteiger partial charge in [0, 0.05) is 6.42 Å². The second-order valence-electron chi connectivity index (χ2n) is 9.65. The molecule has 0 aliphatic heterocycles. The summed E-state index contributed by atoms with van der Waals surface area (Å²) in [5.41, 5.74) is 8.54. The lowest BCUT2D eigenvalue weighted by Gasteiger charge is -2.27. The van der Waals surface area contributed by atoms with Crippen molar-refractivity contribution in [3.8, 4) is 11.1 Å². The van der Waals surface area contributed by atoms with E-state index in [1.807, 2.05) is 55.5 Å². The molecular formula is C28H38N2O6. The van der Waals surface area contributed by atoms with Crippen LogP contribution in [-0.4, -0.2) is 42.3 Å². The Hall–Kier alpha value is -3.39. The lowest BCUT2D eigenvalue weighted by atomic mass is 10.0. The van der Waals surface area contributed by atoms with Crippen molar-refractivity contribution in [1.29, 1.82) is 0 Å². The smallest absolute Gasteiger partial charge is 0.407 e. The minimum atomic E-state index is -0.636. The highest BCUT2D eigenvalue weighted by atomic mass is 16.6. The number of esters is 1. The third-order valence-electron chi connectivity index (χ3n) is 5.35. The molecule has 0 aromatic heterocycles. The van der Waals surface area contributed by atoms with Gasteiger partial charge in [-0.05, 0) is 63.3 Å². The molecule has 0 aliphatic rings. The number of carbonyl (C=O) groups excluding carboxylic acids is 3. The highest BCUT2D eigenvalue weighted by Crippen LogP contribution is 2.22. The van der Waals surface area contributed by atoms with Gasteiger partial charge in [0.25, 0.3) is 0 Å². The summed E-state index contributed by atoms with van der Waals surface area (Å²) in [6, 6.07) is 15.3. The standard InChI is InChI=1S/C28H38N2O6/c1-6-34-26(32)17-21-8-7-9-23(16-21)22-12-10-20(11-13-22)18-35-19(2)24(14-15-25(29)31)30-27(33)36-28(3,4)5/h7-13,16,19,24H,6,14-15,17-18H2,1-5H3,(H2,29,31)(H,30,33). The highest BCUT2D eigenvalue weighted by molar-refractivity contribution is 5.74. The summed E-state index contributed by atoms with van der Waals surface area (Å²) in [6.07, 6.45) is -0.243. The molecule has 0 fully saturated rings. The van der Waals surface area contributed by atoms with E-state index in [9.17, 15) is 14.4 Å². The van der Waals surface area contributed by atoms with E-state index in [4.69, 9.17) is 19.9 Å². The van der Waals surface area contributed by atoms with Gasteiger partial charge >= 0.3 is 12.1 Å². The Morgan fingerprint density at radius 3 is 2.31 bits per heavy atom. The second kappa shape index (κ2) is 13.6. The molecule has 0 saturated heterocycles. The lowest BCUT2D eigenvalue weighted by molar-refractivity contribution is -0.142.